The first-order valence-corrected chi connectivity index (χ1v) is 12.3. The van der Waals surface area contributed by atoms with Crippen molar-refractivity contribution >= 4 is 0 Å². The van der Waals surface area contributed by atoms with Crippen molar-refractivity contribution in [3.63, 3.8) is 0 Å². The molecule has 31 heavy (non-hydrogen) atoms. The average molecular weight is 427 g/mol. The molecule has 2 N–H and O–H groups in total. The van der Waals surface area contributed by atoms with Gasteiger partial charge in [-0.2, -0.15) is 0 Å². The molecular weight excluding hydrogens is 384 g/mol. The summed E-state index contributed by atoms with van der Waals surface area (Å²) in [6.45, 7) is 17.0. The number of aromatic hydroxyl groups is 2. The van der Waals surface area contributed by atoms with Gasteiger partial charge in [0.2, 0.25) is 0 Å². The molecule has 0 unspecified atom stereocenters. The van der Waals surface area contributed by atoms with Gasteiger partial charge in [0, 0.05) is 44.5 Å². The predicted octanol–water partition coefficient (Wildman–Crippen LogP) is 7.39. The lowest BCUT2D eigenvalue weighted by Crippen LogP contribution is -2.10. The van der Waals surface area contributed by atoms with Crippen LogP contribution in [0.15, 0.2) is 0 Å². The van der Waals surface area contributed by atoms with Gasteiger partial charge in [0.1, 0.15) is 23.0 Å². The van der Waals surface area contributed by atoms with Crippen LogP contribution in [-0.4, -0.2) is 10.2 Å². The van der Waals surface area contributed by atoms with E-state index in [1.165, 1.54) is 0 Å². The Labute approximate surface area is 189 Å². The molecule has 0 aromatic heterocycles. The summed E-state index contributed by atoms with van der Waals surface area (Å²) in [5.41, 5.74) is 8.48. The van der Waals surface area contributed by atoms with Crippen molar-refractivity contribution in [1.29, 1.82) is 0 Å². The van der Waals surface area contributed by atoms with Crippen LogP contribution in [0.5, 0.6) is 23.0 Å². The van der Waals surface area contributed by atoms with E-state index >= 15 is 0 Å². The topological polar surface area (TPSA) is 49.7 Å². The van der Waals surface area contributed by atoms with Crippen LogP contribution < -0.4 is 4.74 Å². The fourth-order valence-electron chi connectivity index (χ4n) is 5.22. The zero-order chi connectivity index (χ0) is 23.3. The van der Waals surface area contributed by atoms with Crippen molar-refractivity contribution in [2.45, 2.75) is 107 Å². The smallest absolute Gasteiger partial charge is 0.134 e. The van der Waals surface area contributed by atoms with Crippen LogP contribution >= 0.6 is 0 Å². The minimum absolute atomic E-state index is 0.451. The molecule has 2 aromatic rings. The Balaban J connectivity index is 2.96. The maximum absolute atomic E-state index is 11.0. The fourth-order valence-corrected chi connectivity index (χ4v) is 5.22. The second-order valence-corrected chi connectivity index (χ2v) is 8.11. The zero-order valence-corrected chi connectivity index (χ0v) is 21.0. The van der Waals surface area contributed by atoms with Gasteiger partial charge in [-0.05, 0) is 51.4 Å². The number of phenolic OH excluding ortho intramolecular Hbond substituents is 2. The molecule has 0 fully saturated rings. The molecule has 0 aliphatic carbocycles. The van der Waals surface area contributed by atoms with Crippen LogP contribution in [0.3, 0.4) is 0 Å². The van der Waals surface area contributed by atoms with E-state index in [4.69, 9.17) is 4.74 Å². The SMILES string of the molecule is CCc1c(O)c(CC)c(CC)c(Oc2c(CC)c(CC)c(O)c(CC)c2CC)c1CC. The number of hydrogen-bond donors (Lipinski definition) is 2. The highest BCUT2D eigenvalue weighted by Crippen LogP contribution is 2.46. The van der Waals surface area contributed by atoms with Gasteiger partial charge in [0.05, 0.1) is 0 Å². The van der Waals surface area contributed by atoms with E-state index in [0.717, 1.165) is 107 Å². The van der Waals surface area contributed by atoms with E-state index in [1.54, 1.807) is 0 Å². The molecular formula is C28H42O3. The van der Waals surface area contributed by atoms with Crippen LogP contribution in [0.1, 0.15) is 99.9 Å². The highest BCUT2D eigenvalue weighted by atomic mass is 16.5. The van der Waals surface area contributed by atoms with E-state index in [0.29, 0.717) is 11.5 Å². The van der Waals surface area contributed by atoms with Gasteiger partial charge >= 0.3 is 0 Å². The summed E-state index contributed by atoms with van der Waals surface area (Å²) in [6, 6.07) is 0. The Morgan fingerprint density at radius 1 is 0.387 bits per heavy atom. The lowest BCUT2D eigenvalue weighted by atomic mass is 9.88. The number of rotatable bonds is 10. The van der Waals surface area contributed by atoms with E-state index in [1.807, 2.05) is 0 Å². The molecule has 2 aromatic carbocycles. The van der Waals surface area contributed by atoms with Crippen LogP contribution in [-0.2, 0) is 51.4 Å². The van der Waals surface area contributed by atoms with E-state index < -0.39 is 0 Å². The van der Waals surface area contributed by atoms with Crippen molar-refractivity contribution < 1.29 is 14.9 Å². The minimum Gasteiger partial charge on any atom is -0.507 e. The number of hydrogen-bond acceptors (Lipinski definition) is 3. The Morgan fingerprint density at radius 3 is 0.742 bits per heavy atom. The quantitative estimate of drug-likeness (QED) is 0.416. The number of benzene rings is 2. The van der Waals surface area contributed by atoms with Crippen LogP contribution in [0, 0.1) is 0 Å². The first kappa shape index (κ1) is 25.1. The van der Waals surface area contributed by atoms with Crippen LogP contribution in [0.4, 0.5) is 0 Å². The molecule has 0 atom stereocenters. The summed E-state index contributed by atoms with van der Waals surface area (Å²) in [6.07, 6.45) is 6.35. The van der Waals surface area contributed by atoms with Gasteiger partial charge in [-0.1, -0.05) is 55.4 Å². The first-order chi connectivity index (χ1) is 14.9. The van der Waals surface area contributed by atoms with Gasteiger partial charge in [-0.15, -0.1) is 0 Å². The molecule has 2 rings (SSSR count). The third-order valence-corrected chi connectivity index (χ3v) is 6.73. The molecule has 3 nitrogen and oxygen atoms in total. The third kappa shape index (κ3) is 4.29. The van der Waals surface area contributed by atoms with Gasteiger partial charge < -0.3 is 14.9 Å². The summed E-state index contributed by atoms with van der Waals surface area (Å²) in [5, 5.41) is 22.0. The van der Waals surface area contributed by atoms with E-state index in [-0.39, 0.29) is 0 Å². The van der Waals surface area contributed by atoms with Gasteiger partial charge in [0.15, 0.2) is 0 Å². The molecule has 0 heterocycles. The molecule has 0 aliphatic rings. The highest BCUT2D eigenvalue weighted by Gasteiger charge is 2.26. The first-order valence-electron chi connectivity index (χ1n) is 12.3. The molecule has 0 saturated heterocycles. The summed E-state index contributed by atoms with van der Waals surface area (Å²) in [4.78, 5) is 0. The monoisotopic (exact) mass is 426 g/mol. The minimum atomic E-state index is 0.451. The molecule has 0 bridgehead atoms. The summed E-state index contributed by atoms with van der Waals surface area (Å²) < 4.78 is 6.92. The number of ether oxygens (including phenoxy) is 1. The van der Waals surface area contributed by atoms with Crippen molar-refractivity contribution in [3.8, 4) is 23.0 Å². The lowest BCUT2D eigenvalue weighted by Gasteiger charge is -2.27. The third-order valence-electron chi connectivity index (χ3n) is 6.73. The summed E-state index contributed by atoms with van der Waals surface area (Å²) >= 11 is 0. The fraction of sp³-hybridized carbons (Fsp3) is 0.571. The highest BCUT2D eigenvalue weighted by molar-refractivity contribution is 5.64. The van der Waals surface area contributed by atoms with Crippen molar-refractivity contribution in [3.05, 3.63) is 44.5 Å². The second kappa shape index (κ2) is 10.9. The van der Waals surface area contributed by atoms with Crippen molar-refractivity contribution in [2.75, 3.05) is 0 Å². The largest absolute Gasteiger partial charge is 0.507 e. The van der Waals surface area contributed by atoms with E-state index in [9.17, 15) is 10.2 Å². The standard InChI is InChI=1S/C28H42O3/c1-9-17-21(13-5)27(22(14-6)18(10-2)25(17)29)31-28-23(15-7)19(11-3)26(30)20(12-4)24(28)16-8/h29-30H,9-16H2,1-8H3. The summed E-state index contributed by atoms with van der Waals surface area (Å²) in [5.74, 6) is 2.75. The molecule has 172 valence electrons. The molecule has 0 radical (unpaired) electrons. The number of phenols is 2. The van der Waals surface area contributed by atoms with Crippen molar-refractivity contribution in [1.82, 2.24) is 0 Å². The lowest BCUT2D eigenvalue weighted by molar-refractivity contribution is 0.430. The Bertz CT molecular complexity index is 783. The molecule has 0 spiro atoms. The van der Waals surface area contributed by atoms with Gasteiger partial charge in [-0.3, -0.25) is 0 Å². The maximum atomic E-state index is 11.0. The molecule has 0 saturated carbocycles. The van der Waals surface area contributed by atoms with Crippen LogP contribution in [0.25, 0.3) is 0 Å². The average Bonchev–Trinajstić information content (AvgIpc) is 2.78. The van der Waals surface area contributed by atoms with Gasteiger partial charge in [-0.25, -0.2) is 0 Å². The zero-order valence-electron chi connectivity index (χ0n) is 21.0. The Hall–Kier alpha value is -2.16. The Kier molecular flexibility index (Phi) is 8.85. The van der Waals surface area contributed by atoms with Gasteiger partial charge in [0.25, 0.3) is 0 Å². The summed E-state index contributed by atoms with van der Waals surface area (Å²) in [7, 11) is 0. The molecule has 0 aliphatic heterocycles. The van der Waals surface area contributed by atoms with Crippen molar-refractivity contribution in [2.24, 2.45) is 0 Å². The molecule has 3 heteroatoms. The normalized spacial score (nSPS) is 11.2. The van der Waals surface area contributed by atoms with Crippen LogP contribution in [0.2, 0.25) is 0 Å². The molecule has 0 amide bonds. The Morgan fingerprint density at radius 2 is 0.581 bits per heavy atom. The maximum Gasteiger partial charge on any atom is 0.134 e. The second-order valence-electron chi connectivity index (χ2n) is 8.11. The van der Waals surface area contributed by atoms with E-state index in [2.05, 4.69) is 55.4 Å². The predicted molar refractivity (Wildman–Crippen MR) is 131 cm³/mol.